The SMILES string of the molecule is CN1C(=O)[C@@H](c2ccccc2)N[C@@H]1C(C)(C)C. The fraction of sp³-hybridized carbons (Fsp3) is 0.500. The van der Waals surface area contributed by atoms with Gasteiger partial charge in [-0.15, -0.1) is 0 Å². The van der Waals surface area contributed by atoms with E-state index in [0.29, 0.717) is 0 Å². The van der Waals surface area contributed by atoms with Crippen LogP contribution in [-0.2, 0) is 4.79 Å². The molecule has 1 aromatic carbocycles. The molecule has 1 amide bonds. The number of nitrogens with one attached hydrogen (secondary N) is 1. The third-order valence-corrected chi connectivity index (χ3v) is 3.26. The molecule has 0 spiro atoms. The summed E-state index contributed by atoms with van der Waals surface area (Å²) in [5, 5.41) is 3.42. The van der Waals surface area contributed by atoms with E-state index in [-0.39, 0.29) is 23.5 Å². The number of hydrogen-bond acceptors (Lipinski definition) is 2. The summed E-state index contributed by atoms with van der Waals surface area (Å²) in [6, 6.07) is 9.69. The Morgan fingerprint density at radius 3 is 2.24 bits per heavy atom. The Labute approximate surface area is 103 Å². The molecule has 3 heteroatoms. The fourth-order valence-electron chi connectivity index (χ4n) is 2.39. The van der Waals surface area contributed by atoms with Crippen molar-refractivity contribution in [2.45, 2.75) is 33.0 Å². The van der Waals surface area contributed by atoms with E-state index < -0.39 is 0 Å². The van der Waals surface area contributed by atoms with Crippen LogP contribution in [0.4, 0.5) is 0 Å². The van der Waals surface area contributed by atoms with Gasteiger partial charge in [-0.1, -0.05) is 51.1 Å². The van der Waals surface area contributed by atoms with E-state index in [1.165, 1.54) is 0 Å². The van der Waals surface area contributed by atoms with E-state index >= 15 is 0 Å². The van der Waals surface area contributed by atoms with E-state index in [4.69, 9.17) is 0 Å². The predicted molar refractivity (Wildman–Crippen MR) is 68.3 cm³/mol. The Bertz CT molecular complexity index is 408. The zero-order valence-electron chi connectivity index (χ0n) is 10.9. The maximum Gasteiger partial charge on any atom is 0.245 e. The molecule has 0 unspecified atom stereocenters. The molecule has 0 aliphatic carbocycles. The average Bonchev–Trinajstić information content (AvgIpc) is 2.57. The maximum absolute atomic E-state index is 12.2. The smallest absolute Gasteiger partial charge is 0.245 e. The van der Waals surface area contributed by atoms with Gasteiger partial charge < -0.3 is 4.90 Å². The number of amides is 1. The van der Waals surface area contributed by atoms with Crippen molar-refractivity contribution in [3.63, 3.8) is 0 Å². The molecule has 1 N–H and O–H groups in total. The molecule has 1 saturated heterocycles. The van der Waals surface area contributed by atoms with Gasteiger partial charge in [-0.25, -0.2) is 0 Å². The standard InChI is InChI=1S/C14H20N2O/c1-14(2,3)13-15-11(12(17)16(13)4)10-8-6-5-7-9-10/h5-9,11,13,15H,1-4H3/t11-,13+/m1/s1. The summed E-state index contributed by atoms with van der Waals surface area (Å²) in [7, 11) is 1.87. The Kier molecular flexibility index (Phi) is 2.96. The molecule has 1 aliphatic heterocycles. The highest BCUT2D eigenvalue weighted by Gasteiger charge is 2.42. The topological polar surface area (TPSA) is 32.3 Å². The van der Waals surface area contributed by atoms with E-state index in [1.54, 1.807) is 0 Å². The second-order valence-electron chi connectivity index (χ2n) is 5.73. The fourth-order valence-corrected chi connectivity index (χ4v) is 2.39. The van der Waals surface area contributed by atoms with Crippen LogP contribution in [0.15, 0.2) is 30.3 Å². The lowest BCUT2D eigenvalue weighted by molar-refractivity contribution is -0.129. The number of benzene rings is 1. The molecule has 0 saturated carbocycles. The van der Waals surface area contributed by atoms with E-state index in [1.807, 2.05) is 42.3 Å². The van der Waals surface area contributed by atoms with Crippen molar-refractivity contribution in [1.82, 2.24) is 10.2 Å². The Balaban J connectivity index is 2.26. The summed E-state index contributed by atoms with van der Waals surface area (Å²) in [6.07, 6.45) is 0.0835. The zero-order chi connectivity index (χ0) is 12.6. The first-order chi connectivity index (χ1) is 7.91. The van der Waals surface area contributed by atoms with Crippen molar-refractivity contribution in [1.29, 1.82) is 0 Å². The summed E-state index contributed by atoms with van der Waals surface area (Å²) < 4.78 is 0. The Morgan fingerprint density at radius 1 is 1.18 bits per heavy atom. The van der Waals surface area contributed by atoms with E-state index in [9.17, 15) is 4.79 Å². The molecular formula is C14H20N2O. The third kappa shape index (κ3) is 2.20. The number of carbonyl (C=O) groups excluding carboxylic acids is 1. The molecule has 0 radical (unpaired) electrons. The van der Waals surface area contributed by atoms with Gasteiger partial charge in [0.2, 0.25) is 5.91 Å². The predicted octanol–water partition coefficient (Wildman–Crippen LogP) is 2.16. The van der Waals surface area contributed by atoms with Gasteiger partial charge in [0.25, 0.3) is 0 Å². The first kappa shape index (κ1) is 12.1. The van der Waals surface area contributed by atoms with Gasteiger partial charge in [0, 0.05) is 7.05 Å². The highest BCUT2D eigenvalue weighted by atomic mass is 16.2. The molecule has 2 atom stereocenters. The van der Waals surface area contributed by atoms with Gasteiger partial charge in [-0.05, 0) is 11.0 Å². The van der Waals surface area contributed by atoms with E-state index in [2.05, 4.69) is 26.1 Å². The number of likely N-dealkylation sites (N-methyl/N-ethyl adjacent to an activating group) is 1. The lowest BCUT2D eigenvalue weighted by Crippen LogP contribution is -2.44. The molecule has 17 heavy (non-hydrogen) atoms. The normalized spacial score (nSPS) is 25.4. The van der Waals surface area contributed by atoms with Crippen molar-refractivity contribution in [3.05, 3.63) is 35.9 Å². The van der Waals surface area contributed by atoms with Crippen molar-refractivity contribution >= 4 is 5.91 Å². The molecule has 1 aromatic rings. The molecule has 0 bridgehead atoms. The van der Waals surface area contributed by atoms with Gasteiger partial charge in [-0.2, -0.15) is 0 Å². The van der Waals surface area contributed by atoms with Crippen molar-refractivity contribution in [2.24, 2.45) is 5.41 Å². The molecule has 1 aliphatic rings. The molecule has 1 fully saturated rings. The zero-order valence-corrected chi connectivity index (χ0v) is 10.9. The summed E-state index contributed by atoms with van der Waals surface area (Å²) >= 11 is 0. The number of hydrogen-bond donors (Lipinski definition) is 1. The number of rotatable bonds is 1. The lowest BCUT2D eigenvalue weighted by atomic mass is 9.92. The first-order valence-corrected chi connectivity index (χ1v) is 5.99. The third-order valence-electron chi connectivity index (χ3n) is 3.26. The summed E-state index contributed by atoms with van der Waals surface area (Å²) in [6.45, 7) is 6.42. The van der Waals surface area contributed by atoms with Crippen LogP contribution in [0.3, 0.4) is 0 Å². The second-order valence-corrected chi connectivity index (χ2v) is 5.73. The molecule has 1 heterocycles. The minimum absolute atomic E-state index is 0.0357. The molecule has 0 aromatic heterocycles. The minimum Gasteiger partial charge on any atom is -0.328 e. The molecule has 2 rings (SSSR count). The van der Waals surface area contributed by atoms with Crippen LogP contribution < -0.4 is 5.32 Å². The van der Waals surface area contributed by atoms with Crippen molar-refractivity contribution < 1.29 is 4.79 Å². The van der Waals surface area contributed by atoms with Crippen LogP contribution in [0, 0.1) is 5.41 Å². The Hall–Kier alpha value is -1.35. The van der Waals surface area contributed by atoms with Crippen LogP contribution in [0.5, 0.6) is 0 Å². The van der Waals surface area contributed by atoms with Crippen LogP contribution >= 0.6 is 0 Å². The van der Waals surface area contributed by atoms with Gasteiger partial charge in [0.15, 0.2) is 0 Å². The van der Waals surface area contributed by atoms with Gasteiger partial charge in [0.05, 0.1) is 6.17 Å². The maximum atomic E-state index is 12.2. The van der Waals surface area contributed by atoms with Crippen LogP contribution in [0.25, 0.3) is 0 Å². The summed E-state index contributed by atoms with van der Waals surface area (Å²) in [5.74, 6) is 0.149. The Morgan fingerprint density at radius 2 is 1.76 bits per heavy atom. The highest BCUT2D eigenvalue weighted by Crippen LogP contribution is 2.31. The van der Waals surface area contributed by atoms with Crippen molar-refractivity contribution in [3.8, 4) is 0 Å². The molecular weight excluding hydrogens is 212 g/mol. The number of nitrogens with zero attached hydrogens (tertiary/aromatic N) is 1. The molecule has 92 valence electrons. The summed E-state index contributed by atoms with van der Waals surface area (Å²) in [4.78, 5) is 14.0. The van der Waals surface area contributed by atoms with Crippen molar-refractivity contribution in [2.75, 3.05) is 7.05 Å². The largest absolute Gasteiger partial charge is 0.328 e. The average molecular weight is 232 g/mol. The second kappa shape index (κ2) is 4.15. The van der Waals surface area contributed by atoms with Gasteiger partial charge in [-0.3, -0.25) is 10.1 Å². The molecule has 3 nitrogen and oxygen atoms in total. The van der Waals surface area contributed by atoms with Crippen LogP contribution in [0.1, 0.15) is 32.4 Å². The minimum atomic E-state index is -0.203. The highest BCUT2D eigenvalue weighted by molar-refractivity contribution is 5.85. The van der Waals surface area contributed by atoms with Gasteiger partial charge >= 0.3 is 0 Å². The van der Waals surface area contributed by atoms with E-state index in [0.717, 1.165) is 5.56 Å². The van der Waals surface area contributed by atoms with Gasteiger partial charge in [0.1, 0.15) is 6.04 Å². The number of carbonyl (C=O) groups is 1. The summed E-state index contributed by atoms with van der Waals surface area (Å²) in [5.41, 5.74) is 1.07. The first-order valence-electron chi connectivity index (χ1n) is 5.99. The van der Waals surface area contributed by atoms with Crippen LogP contribution in [0.2, 0.25) is 0 Å². The van der Waals surface area contributed by atoms with Crippen LogP contribution in [-0.4, -0.2) is 24.0 Å². The quantitative estimate of drug-likeness (QED) is 0.804. The monoisotopic (exact) mass is 232 g/mol. The lowest BCUT2D eigenvalue weighted by Gasteiger charge is -2.32.